The van der Waals surface area contributed by atoms with Gasteiger partial charge in [0.1, 0.15) is 0 Å². The van der Waals surface area contributed by atoms with Crippen LogP contribution in [-0.2, 0) is 4.74 Å². The van der Waals surface area contributed by atoms with E-state index in [0.717, 1.165) is 12.8 Å². The van der Waals surface area contributed by atoms with E-state index in [2.05, 4.69) is 5.32 Å². The van der Waals surface area contributed by atoms with Crippen molar-refractivity contribution in [3.63, 3.8) is 0 Å². The molecule has 0 spiro atoms. The first-order valence-electron chi connectivity index (χ1n) is 5.86. The minimum absolute atomic E-state index is 0.0849. The van der Waals surface area contributed by atoms with Crippen LogP contribution >= 0.6 is 0 Å². The Morgan fingerprint density at radius 1 is 1.27 bits per heavy atom. The second-order valence-electron chi connectivity index (χ2n) is 4.74. The van der Waals surface area contributed by atoms with Crippen LogP contribution in [0.25, 0.3) is 0 Å². The highest BCUT2D eigenvalue weighted by atomic mass is 16.5. The molecule has 0 aromatic heterocycles. The van der Waals surface area contributed by atoms with Gasteiger partial charge in [-0.15, -0.1) is 0 Å². The molecule has 2 unspecified atom stereocenters. The maximum absolute atomic E-state index is 11.9. The molecule has 2 rings (SSSR count). The number of carbonyl (C=O) groups excluding carboxylic acids is 1. The Bertz CT molecular complexity index is 231. The smallest absolute Gasteiger partial charge is 0.317 e. The highest BCUT2D eigenvalue weighted by Gasteiger charge is 2.28. The summed E-state index contributed by atoms with van der Waals surface area (Å²) < 4.78 is 5.59. The summed E-state index contributed by atoms with van der Waals surface area (Å²) in [4.78, 5) is 13.7. The lowest BCUT2D eigenvalue weighted by Crippen LogP contribution is -2.54. The molecule has 1 N–H and O–H groups in total. The van der Waals surface area contributed by atoms with Crippen molar-refractivity contribution >= 4 is 6.03 Å². The first-order chi connectivity index (χ1) is 7.15. The zero-order chi connectivity index (χ0) is 10.8. The summed E-state index contributed by atoms with van der Waals surface area (Å²) in [7, 11) is 0. The van der Waals surface area contributed by atoms with Gasteiger partial charge >= 0.3 is 6.03 Å². The maximum atomic E-state index is 11.9. The van der Waals surface area contributed by atoms with Crippen LogP contribution in [0, 0.1) is 0 Å². The van der Waals surface area contributed by atoms with E-state index in [4.69, 9.17) is 4.74 Å². The van der Waals surface area contributed by atoms with Crippen LogP contribution in [0.4, 0.5) is 4.79 Å². The molecule has 86 valence electrons. The van der Waals surface area contributed by atoms with Crippen LogP contribution in [-0.4, -0.2) is 42.3 Å². The summed E-state index contributed by atoms with van der Waals surface area (Å²) in [6, 6.07) is 0.507. The maximum Gasteiger partial charge on any atom is 0.317 e. The van der Waals surface area contributed by atoms with Gasteiger partial charge in [-0.05, 0) is 33.1 Å². The molecule has 0 aromatic carbocycles. The Kier molecular flexibility index (Phi) is 3.14. The topological polar surface area (TPSA) is 41.6 Å². The van der Waals surface area contributed by atoms with Gasteiger partial charge in [-0.25, -0.2) is 4.79 Å². The molecule has 1 heterocycles. The Balaban J connectivity index is 1.82. The Morgan fingerprint density at radius 2 is 1.87 bits per heavy atom. The lowest BCUT2D eigenvalue weighted by atomic mass is 9.93. The lowest BCUT2D eigenvalue weighted by molar-refractivity contribution is -0.0549. The quantitative estimate of drug-likeness (QED) is 0.713. The van der Waals surface area contributed by atoms with E-state index in [1.807, 2.05) is 18.7 Å². The molecule has 1 saturated carbocycles. The second-order valence-corrected chi connectivity index (χ2v) is 4.74. The lowest BCUT2D eigenvalue weighted by Gasteiger charge is -2.37. The van der Waals surface area contributed by atoms with E-state index in [0.29, 0.717) is 19.1 Å². The molecule has 2 aliphatic rings. The molecule has 1 aliphatic carbocycles. The number of ether oxygens (including phenoxy) is 1. The summed E-state index contributed by atoms with van der Waals surface area (Å²) in [6.07, 6.45) is 3.84. The van der Waals surface area contributed by atoms with Gasteiger partial charge in [0.15, 0.2) is 0 Å². The fraction of sp³-hybridized carbons (Fsp3) is 0.909. The third-order valence-corrected chi connectivity index (χ3v) is 3.14. The molecule has 2 amide bonds. The van der Waals surface area contributed by atoms with Crippen LogP contribution in [0.15, 0.2) is 0 Å². The van der Waals surface area contributed by atoms with Gasteiger partial charge in [0.25, 0.3) is 0 Å². The van der Waals surface area contributed by atoms with Crippen molar-refractivity contribution in [1.29, 1.82) is 0 Å². The number of hydrogen-bond donors (Lipinski definition) is 1. The van der Waals surface area contributed by atoms with Crippen LogP contribution in [0.2, 0.25) is 0 Å². The van der Waals surface area contributed by atoms with Gasteiger partial charge in [-0.3, -0.25) is 0 Å². The first kappa shape index (κ1) is 10.7. The van der Waals surface area contributed by atoms with E-state index in [9.17, 15) is 4.79 Å². The standard InChI is InChI=1S/C11H20N2O2/c1-8-6-13(7-9(2)15-8)11(14)12-10-4-3-5-10/h8-10H,3-7H2,1-2H3,(H,12,14). The van der Waals surface area contributed by atoms with Crippen LogP contribution in [0.1, 0.15) is 33.1 Å². The molecule has 15 heavy (non-hydrogen) atoms. The third kappa shape index (κ3) is 2.62. The fourth-order valence-corrected chi connectivity index (χ4v) is 2.16. The number of carbonyl (C=O) groups is 1. The van der Waals surface area contributed by atoms with Gasteiger partial charge in [-0.1, -0.05) is 0 Å². The van der Waals surface area contributed by atoms with Gasteiger partial charge in [-0.2, -0.15) is 0 Å². The van der Waals surface area contributed by atoms with Crippen LogP contribution < -0.4 is 5.32 Å². The molecule has 0 radical (unpaired) electrons. The number of hydrogen-bond acceptors (Lipinski definition) is 2. The molecule has 4 nitrogen and oxygen atoms in total. The normalized spacial score (nSPS) is 32.3. The highest BCUT2D eigenvalue weighted by Crippen LogP contribution is 2.19. The molecular formula is C11H20N2O2. The van der Waals surface area contributed by atoms with E-state index < -0.39 is 0 Å². The molecule has 4 heteroatoms. The molecule has 1 aliphatic heterocycles. The van der Waals surface area contributed by atoms with Crippen molar-refractivity contribution in [3.8, 4) is 0 Å². The molecule has 0 aromatic rings. The van der Waals surface area contributed by atoms with Crippen LogP contribution in [0.3, 0.4) is 0 Å². The van der Waals surface area contributed by atoms with Crippen LogP contribution in [0.5, 0.6) is 0 Å². The number of nitrogens with one attached hydrogen (secondary N) is 1. The van der Waals surface area contributed by atoms with Crippen molar-refractivity contribution < 1.29 is 9.53 Å². The minimum atomic E-state index is 0.0849. The van der Waals surface area contributed by atoms with Crippen molar-refractivity contribution in [2.75, 3.05) is 13.1 Å². The third-order valence-electron chi connectivity index (χ3n) is 3.14. The van der Waals surface area contributed by atoms with E-state index >= 15 is 0 Å². The number of urea groups is 1. The number of amides is 2. The summed E-state index contributed by atoms with van der Waals surface area (Å²) in [5.74, 6) is 0. The second kappa shape index (κ2) is 4.39. The van der Waals surface area contributed by atoms with Gasteiger partial charge in [0.2, 0.25) is 0 Å². The Morgan fingerprint density at radius 3 is 2.33 bits per heavy atom. The predicted octanol–water partition coefficient (Wildman–Crippen LogP) is 1.36. The van der Waals surface area contributed by atoms with Crippen molar-refractivity contribution in [2.24, 2.45) is 0 Å². The molecular weight excluding hydrogens is 192 g/mol. The monoisotopic (exact) mass is 212 g/mol. The van der Waals surface area contributed by atoms with Gasteiger partial charge in [0, 0.05) is 19.1 Å². The van der Waals surface area contributed by atoms with Crippen molar-refractivity contribution in [1.82, 2.24) is 10.2 Å². The zero-order valence-corrected chi connectivity index (χ0v) is 9.53. The van der Waals surface area contributed by atoms with E-state index in [-0.39, 0.29) is 18.2 Å². The van der Waals surface area contributed by atoms with Gasteiger partial charge in [0.05, 0.1) is 12.2 Å². The molecule has 1 saturated heterocycles. The van der Waals surface area contributed by atoms with Gasteiger partial charge < -0.3 is 15.0 Å². The van der Waals surface area contributed by atoms with Crippen molar-refractivity contribution in [3.05, 3.63) is 0 Å². The van der Waals surface area contributed by atoms with E-state index in [1.54, 1.807) is 0 Å². The predicted molar refractivity (Wildman–Crippen MR) is 57.8 cm³/mol. The summed E-state index contributed by atoms with van der Waals surface area (Å²) in [5, 5.41) is 3.06. The average molecular weight is 212 g/mol. The Labute approximate surface area is 91.0 Å². The fourth-order valence-electron chi connectivity index (χ4n) is 2.16. The molecule has 2 fully saturated rings. The average Bonchev–Trinajstić information content (AvgIpc) is 2.09. The SMILES string of the molecule is CC1CN(C(=O)NC2CCC2)CC(C)O1. The summed E-state index contributed by atoms with van der Waals surface area (Å²) in [5.41, 5.74) is 0. The summed E-state index contributed by atoms with van der Waals surface area (Å²) in [6.45, 7) is 5.45. The highest BCUT2D eigenvalue weighted by molar-refractivity contribution is 5.74. The summed E-state index contributed by atoms with van der Waals surface area (Å²) >= 11 is 0. The number of rotatable bonds is 1. The number of morpholine rings is 1. The minimum Gasteiger partial charge on any atom is -0.372 e. The number of nitrogens with zero attached hydrogens (tertiary/aromatic N) is 1. The largest absolute Gasteiger partial charge is 0.372 e. The Hall–Kier alpha value is -0.770. The first-order valence-corrected chi connectivity index (χ1v) is 5.86. The zero-order valence-electron chi connectivity index (χ0n) is 9.53. The molecule has 0 bridgehead atoms. The van der Waals surface area contributed by atoms with Crippen molar-refractivity contribution in [2.45, 2.75) is 51.4 Å². The van der Waals surface area contributed by atoms with E-state index in [1.165, 1.54) is 6.42 Å². The molecule has 2 atom stereocenters.